The van der Waals surface area contributed by atoms with Gasteiger partial charge in [0.25, 0.3) is 0 Å². The summed E-state index contributed by atoms with van der Waals surface area (Å²) in [4.78, 5) is 322. The van der Waals surface area contributed by atoms with E-state index in [1.807, 2.05) is 5.32 Å². The van der Waals surface area contributed by atoms with Crippen molar-refractivity contribution in [2.24, 2.45) is 40.9 Å². The van der Waals surface area contributed by atoms with Crippen LogP contribution in [0.15, 0.2) is 24.3 Å². The number of nitrogens with zero attached hydrogens (tertiary/aromatic N) is 1. The molecule has 1 aromatic carbocycles. The predicted octanol–water partition coefficient (Wildman–Crippen LogP) is -14.8. The van der Waals surface area contributed by atoms with Crippen molar-refractivity contribution in [1.29, 1.82) is 5.41 Å². The second-order valence-electron chi connectivity index (χ2n) is 36.0. The molecule has 21 atom stereocenters. The zero-order valence-corrected chi connectivity index (χ0v) is 83.3. The molecule has 38 N–H and O–H groups in total. The Kier molecular flexibility index (Phi) is 56.8. The summed E-state index contributed by atoms with van der Waals surface area (Å²) >= 11 is 0. The van der Waals surface area contributed by atoms with E-state index in [1.165, 1.54) is 58.9 Å². The lowest BCUT2D eigenvalue weighted by molar-refractivity contribution is -0.143. The third-order valence-corrected chi connectivity index (χ3v) is 22.8. The number of hydrogen-bond acceptors (Lipinski definition) is 34. The van der Waals surface area contributed by atoms with Crippen LogP contribution in [0.4, 0.5) is 0 Å². The van der Waals surface area contributed by atoms with Crippen LogP contribution in [0.3, 0.4) is 0 Å². The van der Waals surface area contributed by atoms with E-state index in [-0.39, 0.29) is 69.3 Å². The molecule has 1 fully saturated rings. The molecular weight excluding hydrogens is 1970 g/mol. The number of phenols is 1. The van der Waals surface area contributed by atoms with E-state index in [0.717, 1.165) is 18.7 Å². The third-order valence-electron chi connectivity index (χ3n) is 22.8. The van der Waals surface area contributed by atoms with E-state index in [0.29, 0.717) is 0 Å². The van der Waals surface area contributed by atoms with Crippen molar-refractivity contribution in [3.63, 3.8) is 0 Å². The van der Waals surface area contributed by atoms with Crippen LogP contribution in [0.25, 0.3) is 0 Å². The SMILES string of the molecule is CC[C@H](C)[C@H](NC(=O)[C@H](CO)NC(=O)[C@H](CO)NC(=O)[C@H](CO)NC(=O)[C@H](CCC(=O)O)NC(=O)[C@@H](NC(=O)[C@H](CO)NC(=O)[C@H](CCCNC(=N)N)NC(=O)[C@@H](N)CCC(=O)O)C(C)C)C(=O)N[C@@H](CO)C(=O)N[C@@H](CC(C)C)C(=O)N[C@H](C(=O)N1CCC[C@H]1C(=O)NCC(=O)N[C@H](C(=O)N[C@@H](CC(=O)O)C(=O)N[C@@H](Cc1ccc(O)cc1)C(=O)NCC(=O)N[C@H](C(=O)N[C@@H](CCC(N)=O)C(=O)O)[C@@H](C)O)[C@@H](C)O)C(C)C. The second kappa shape index (κ2) is 65.0. The fourth-order valence-corrected chi connectivity index (χ4v) is 14.2. The molecule has 148 heavy (non-hydrogen) atoms. The molecule has 1 saturated heterocycles. The number of carbonyl (C=O) groups is 24. The van der Waals surface area contributed by atoms with E-state index < -0.39 is 384 Å². The van der Waals surface area contributed by atoms with Gasteiger partial charge < -0.3 is 184 Å². The van der Waals surface area contributed by atoms with Gasteiger partial charge in [-0.05, 0) is 107 Å². The molecule has 0 aromatic heterocycles. The minimum Gasteiger partial charge on any atom is -0.508 e. The number of aliphatic carboxylic acids is 4. The number of nitrogens with one attached hydrogen (secondary N) is 20. The topological polar surface area (TPSA) is 986 Å². The van der Waals surface area contributed by atoms with Gasteiger partial charge in [-0.3, -0.25) is 116 Å². The van der Waals surface area contributed by atoms with Crippen molar-refractivity contribution in [3.05, 3.63) is 29.8 Å². The monoisotopic (exact) mass is 2110 g/mol. The lowest BCUT2D eigenvalue weighted by atomic mass is 9.97. The number of nitrogens with two attached hydrogens (primary N) is 3. The molecule has 1 aliphatic heterocycles. The number of carboxylic acids is 4. The lowest BCUT2D eigenvalue weighted by Crippen LogP contribution is -2.63. The number of amides is 20. The summed E-state index contributed by atoms with van der Waals surface area (Å²) in [5, 5.41) is 171. The van der Waals surface area contributed by atoms with Gasteiger partial charge in [0, 0.05) is 38.8 Å². The van der Waals surface area contributed by atoms with E-state index in [4.69, 9.17) is 27.7 Å². The van der Waals surface area contributed by atoms with Crippen LogP contribution < -0.4 is 118 Å². The van der Waals surface area contributed by atoms with Crippen LogP contribution in [0.5, 0.6) is 5.75 Å². The first-order valence-electron chi connectivity index (χ1n) is 47.2. The Labute approximate surface area is 848 Å². The summed E-state index contributed by atoms with van der Waals surface area (Å²) in [5.41, 5.74) is 16.5. The third kappa shape index (κ3) is 45.5. The molecule has 0 radical (unpaired) electrons. The van der Waals surface area contributed by atoms with Crippen molar-refractivity contribution in [1.82, 2.24) is 106 Å². The van der Waals surface area contributed by atoms with Crippen LogP contribution >= 0.6 is 0 Å². The standard InChI is InChI=1S/C88H142N24O36/c1-11-41(8)67(111-80(140)57(37-117)105-78(138)54(34-114)104-77(137)53(33-113)102-73(133)48(22-25-63(126)127)97-82(142)65(39(4)5)109-79(139)56(36-116)103-72(132)47(14-12-26-93-88(91)92)96-70(130)46(89)20-24-62(124)125)83(143)106-55(35-115)76(136)99-50(28-38(2)3)75(135)110-66(40(6)7)86(146)112-27-13-15-58(112)81(141)95-32-61(123)108-69(43(10)119)85(145)101-52(30-64(128)129)74(134)100-51(29-44-16-18-45(120)19-17-44)71(131)94-31-60(122)107-68(42(9)118)84(144)98-49(87(147)148)21-23-59(90)121/h16-19,38-43,46-58,65-69,113-120H,11-15,20-37,89H2,1-10H3,(H2,90,121)(H,94,131)(H,95,141)(H,96,130)(H,97,142)(H,98,144)(H,99,136)(H,100,134)(H,101,145)(H,102,133)(H,103,132)(H,104,137)(H,105,138)(H,106,143)(H,107,122)(H,108,123)(H,109,139)(H,110,135)(H,111,140)(H,124,125)(H,126,127)(H,128,129)(H,147,148)(H4,91,92,93)/t41-,42+,43+,46-,47-,48-,49-,50-,51-,52-,53-,54-,55-,56-,57-,58-,65-,66-,67-,68-,69-/m0/s1. The van der Waals surface area contributed by atoms with E-state index in [9.17, 15) is 171 Å². The first kappa shape index (κ1) is 129. The Balaban J connectivity index is 2.28. The number of benzene rings is 1. The van der Waals surface area contributed by atoms with Crippen molar-refractivity contribution in [2.45, 2.75) is 280 Å². The molecule has 1 heterocycles. The number of guanidine groups is 1. The number of hydrogen-bond donors (Lipinski definition) is 35. The Hall–Kier alpha value is -14.7. The summed E-state index contributed by atoms with van der Waals surface area (Å²) in [7, 11) is 0. The fourth-order valence-electron chi connectivity index (χ4n) is 14.2. The molecule has 0 unspecified atom stereocenters. The quantitative estimate of drug-likeness (QED) is 0.0164. The van der Waals surface area contributed by atoms with Gasteiger partial charge in [0.1, 0.15) is 108 Å². The first-order chi connectivity index (χ1) is 69.3. The molecule has 60 heteroatoms. The van der Waals surface area contributed by atoms with Crippen molar-refractivity contribution in [2.75, 3.05) is 59.2 Å². The maximum absolute atomic E-state index is 14.6. The maximum Gasteiger partial charge on any atom is 0.326 e. The zero-order valence-electron chi connectivity index (χ0n) is 83.3. The fraction of sp³-hybridized carbons (Fsp3) is 0.648. The molecule has 0 spiro atoms. The van der Waals surface area contributed by atoms with Gasteiger partial charge >= 0.3 is 23.9 Å². The second-order valence-corrected chi connectivity index (χ2v) is 36.0. The summed E-state index contributed by atoms with van der Waals surface area (Å²) in [6.45, 7) is 5.93. The Morgan fingerprint density at radius 2 is 0.770 bits per heavy atom. The predicted molar refractivity (Wildman–Crippen MR) is 510 cm³/mol. The molecule has 60 nitrogen and oxygen atoms in total. The number of aromatic hydroxyl groups is 1. The minimum atomic E-state index is -2.12. The molecular formula is C88H142N24O36. The smallest absolute Gasteiger partial charge is 0.326 e. The maximum atomic E-state index is 14.6. The molecule has 1 aromatic rings. The number of rotatable bonds is 68. The van der Waals surface area contributed by atoms with Gasteiger partial charge in [0.2, 0.25) is 118 Å². The highest BCUT2D eigenvalue weighted by molar-refractivity contribution is 6.03. The largest absolute Gasteiger partial charge is 0.508 e. The van der Waals surface area contributed by atoms with Crippen LogP contribution in [-0.2, 0) is 121 Å². The minimum absolute atomic E-state index is 0.00525. The number of aliphatic hydroxyl groups is 7. The molecule has 0 bridgehead atoms. The van der Waals surface area contributed by atoms with E-state index >= 15 is 0 Å². The Morgan fingerprint density at radius 3 is 1.20 bits per heavy atom. The van der Waals surface area contributed by atoms with Crippen molar-refractivity contribution >= 4 is 148 Å². The van der Waals surface area contributed by atoms with Gasteiger partial charge in [0.15, 0.2) is 5.96 Å². The molecule has 1 aliphatic rings. The zero-order chi connectivity index (χ0) is 113. The number of phenolic OH excluding ortho intramolecular Hbond substituents is 1. The van der Waals surface area contributed by atoms with Gasteiger partial charge in [-0.25, -0.2) is 4.79 Å². The van der Waals surface area contributed by atoms with Gasteiger partial charge in [0.05, 0.1) is 70.8 Å². The molecule has 830 valence electrons. The van der Waals surface area contributed by atoms with Gasteiger partial charge in [-0.15, -0.1) is 0 Å². The normalized spacial score (nSPS) is 16.2. The number of likely N-dealkylation sites (tertiary alicyclic amines) is 1. The number of primary amides is 1. The summed E-state index contributed by atoms with van der Waals surface area (Å²) in [5.74, 6) is -33.4. The highest BCUT2D eigenvalue weighted by atomic mass is 16.4. The van der Waals surface area contributed by atoms with Gasteiger partial charge in [-0.2, -0.15) is 0 Å². The van der Waals surface area contributed by atoms with Crippen LogP contribution in [-0.4, -0.2) is 394 Å². The summed E-state index contributed by atoms with van der Waals surface area (Å²) < 4.78 is 0. The van der Waals surface area contributed by atoms with Crippen LogP contribution in [0, 0.1) is 29.1 Å². The molecule has 0 saturated carbocycles. The van der Waals surface area contributed by atoms with Crippen LogP contribution in [0.2, 0.25) is 0 Å². The summed E-state index contributed by atoms with van der Waals surface area (Å²) in [6, 6.07) is -27.0. The average molecular weight is 2110 g/mol. The molecule has 20 amide bonds. The number of carbonyl (C=O) groups excluding carboxylic acids is 20. The molecule has 0 aliphatic carbocycles. The number of aliphatic hydroxyl groups excluding tert-OH is 7. The highest BCUT2D eigenvalue weighted by Crippen LogP contribution is 2.23. The van der Waals surface area contributed by atoms with Crippen LogP contribution in [0.1, 0.15) is 158 Å². The molecule has 2 rings (SSSR count). The van der Waals surface area contributed by atoms with E-state index in [2.05, 4.69) is 95.7 Å². The van der Waals surface area contributed by atoms with Crippen molar-refractivity contribution in [3.8, 4) is 5.75 Å². The highest BCUT2D eigenvalue weighted by Gasteiger charge is 2.44. The van der Waals surface area contributed by atoms with E-state index in [1.54, 1.807) is 20.8 Å². The number of carboxylic acid groups (broad SMARTS) is 4. The lowest BCUT2D eigenvalue weighted by Gasteiger charge is -2.32. The first-order valence-corrected chi connectivity index (χ1v) is 47.2. The van der Waals surface area contributed by atoms with Crippen molar-refractivity contribution < 1.29 is 176 Å². The Morgan fingerprint density at radius 1 is 0.399 bits per heavy atom. The van der Waals surface area contributed by atoms with Gasteiger partial charge in [-0.1, -0.05) is 73.9 Å². The average Bonchev–Trinajstić information content (AvgIpc) is 1.66. The summed E-state index contributed by atoms with van der Waals surface area (Å²) in [6.07, 6.45) is -8.68. The Bertz CT molecular complexity index is 4780.